The van der Waals surface area contributed by atoms with Crippen LogP contribution in [-0.2, 0) is 16.5 Å². The fourth-order valence-corrected chi connectivity index (χ4v) is 14.7. The van der Waals surface area contributed by atoms with Gasteiger partial charge in [-0.15, -0.1) is 0 Å². The van der Waals surface area contributed by atoms with Crippen molar-refractivity contribution in [2.24, 2.45) is 46.3 Å². The van der Waals surface area contributed by atoms with Crippen LogP contribution in [-0.4, -0.2) is 31.0 Å². The number of rotatable bonds is 12. The number of fused-ring (bicyclic) bond motifs is 5. The Morgan fingerprint density at radius 1 is 0.870 bits per heavy atom. The van der Waals surface area contributed by atoms with Crippen LogP contribution in [0, 0.1) is 46.3 Å². The summed E-state index contributed by atoms with van der Waals surface area (Å²) in [5.74, 6) is 5.36. The number of likely N-dealkylation sites (N-methyl/N-ethyl adjacent to an activating group) is 1. The van der Waals surface area contributed by atoms with E-state index < -0.39 is 6.19 Å². The van der Waals surface area contributed by atoms with Crippen molar-refractivity contribution >= 4 is 28.6 Å². The van der Waals surface area contributed by atoms with E-state index >= 15 is 0 Å². The van der Waals surface area contributed by atoms with Gasteiger partial charge in [-0.05, 0) is 105 Å². The van der Waals surface area contributed by atoms with Gasteiger partial charge in [0.2, 0.25) is 0 Å². The molecule has 0 radical (unpaired) electrons. The lowest BCUT2D eigenvalue weighted by Crippen LogP contribution is -2.51. The van der Waals surface area contributed by atoms with E-state index in [9.17, 15) is 0 Å². The number of ether oxygens (including phenoxy) is 1. The summed E-state index contributed by atoms with van der Waals surface area (Å²) in [5, 5.41) is 2.51. The first kappa shape index (κ1) is 34.6. The van der Waals surface area contributed by atoms with Crippen molar-refractivity contribution in [2.75, 3.05) is 20.2 Å². The predicted octanol–water partition coefficient (Wildman–Crippen LogP) is 10.4. The molecule has 2 aromatic rings. The van der Waals surface area contributed by atoms with Crippen molar-refractivity contribution in [3.8, 4) is 0 Å². The molecule has 2 aromatic carbocycles. The van der Waals surface area contributed by atoms with Gasteiger partial charge >= 0.3 is 0 Å². The minimum atomic E-state index is -2.10. The summed E-state index contributed by atoms with van der Waals surface area (Å²) in [6.45, 7) is 14.3. The molecular weight excluding hydrogens is 598 g/mol. The molecule has 3 fully saturated rings. The molecule has 252 valence electrons. The van der Waals surface area contributed by atoms with Crippen LogP contribution >= 0.6 is 6.19 Å². The quantitative estimate of drug-likeness (QED) is 0.166. The van der Waals surface area contributed by atoms with Crippen molar-refractivity contribution in [3.63, 3.8) is 0 Å². The van der Waals surface area contributed by atoms with E-state index in [4.69, 9.17) is 16.5 Å². The minimum Gasteiger partial charge on any atom is -0.377 e. The third-order valence-electron chi connectivity index (χ3n) is 13.7. The molecule has 0 N–H and O–H groups in total. The zero-order valence-electron chi connectivity index (χ0n) is 29.8. The van der Waals surface area contributed by atoms with Crippen LogP contribution in [0.4, 0.5) is 0 Å². The average Bonchev–Trinajstić information content (AvgIpc) is 3.42. The van der Waals surface area contributed by atoms with E-state index in [1.165, 1.54) is 74.8 Å². The highest BCUT2D eigenvalue weighted by Crippen LogP contribution is 2.67. The van der Waals surface area contributed by atoms with Crippen LogP contribution in [0.25, 0.3) is 0 Å². The van der Waals surface area contributed by atoms with Gasteiger partial charge in [0.05, 0.1) is 18.9 Å². The van der Waals surface area contributed by atoms with Crippen LogP contribution in [0.1, 0.15) is 105 Å². The SMILES string of the molecule is CC(C)CCC[C@@H](C)[C@H]1CCC2C3CC=C4C[C@@H](OCCN(C)P(=S)(c5ccccc5)c5ccccc5)CC[C@]4(C)C3CC[C@@]21C. The van der Waals surface area contributed by atoms with Gasteiger partial charge < -0.3 is 4.74 Å². The Hall–Kier alpha value is -1.25. The molecule has 4 heteroatoms. The van der Waals surface area contributed by atoms with E-state index in [0.29, 0.717) is 16.9 Å². The number of hydrogen-bond acceptors (Lipinski definition) is 2. The molecule has 0 amide bonds. The fourth-order valence-electron chi connectivity index (χ4n) is 11.1. The van der Waals surface area contributed by atoms with Crippen LogP contribution < -0.4 is 10.6 Å². The maximum Gasteiger partial charge on any atom is 0.0708 e. The van der Waals surface area contributed by atoms with E-state index in [2.05, 4.69) is 113 Å². The summed E-state index contributed by atoms with van der Waals surface area (Å²) >= 11 is 6.53. The van der Waals surface area contributed by atoms with Gasteiger partial charge in [0.25, 0.3) is 0 Å². The van der Waals surface area contributed by atoms with Gasteiger partial charge in [-0.25, -0.2) is 0 Å². The third kappa shape index (κ3) is 6.54. The molecule has 0 aromatic heterocycles. The molecule has 0 aliphatic heterocycles. The molecule has 0 saturated heterocycles. The smallest absolute Gasteiger partial charge is 0.0708 e. The van der Waals surface area contributed by atoms with Crippen LogP contribution in [0.2, 0.25) is 0 Å². The topological polar surface area (TPSA) is 12.5 Å². The van der Waals surface area contributed by atoms with Gasteiger partial charge in [-0.2, -0.15) is 0 Å². The van der Waals surface area contributed by atoms with E-state index in [0.717, 1.165) is 55.1 Å². The molecule has 8 atom stereocenters. The molecule has 4 aliphatic rings. The first-order valence-electron chi connectivity index (χ1n) is 18.8. The summed E-state index contributed by atoms with van der Waals surface area (Å²) in [6, 6.07) is 21.5. The second-order valence-corrected chi connectivity index (χ2v) is 21.1. The van der Waals surface area contributed by atoms with Crippen LogP contribution in [0.15, 0.2) is 72.3 Å². The van der Waals surface area contributed by atoms with Crippen LogP contribution in [0.3, 0.4) is 0 Å². The number of allylic oxidation sites excluding steroid dienone is 1. The van der Waals surface area contributed by atoms with Crippen molar-refractivity contribution in [1.29, 1.82) is 0 Å². The first-order valence-corrected chi connectivity index (χ1v) is 21.6. The molecule has 0 bridgehead atoms. The molecule has 6 rings (SSSR count). The van der Waals surface area contributed by atoms with Crippen molar-refractivity contribution in [1.82, 2.24) is 4.67 Å². The maximum absolute atomic E-state index is 6.71. The predicted molar refractivity (Wildman–Crippen MR) is 202 cm³/mol. The average molecular weight is 660 g/mol. The molecule has 0 spiro atoms. The lowest BCUT2D eigenvalue weighted by atomic mass is 9.47. The van der Waals surface area contributed by atoms with Crippen molar-refractivity contribution < 1.29 is 4.74 Å². The summed E-state index contributed by atoms with van der Waals surface area (Å²) in [7, 11) is 2.21. The molecule has 2 nitrogen and oxygen atoms in total. The Labute approximate surface area is 287 Å². The van der Waals surface area contributed by atoms with Gasteiger partial charge in [0, 0.05) is 17.2 Å². The van der Waals surface area contributed by atoms with E-state index in [1.54, 1.807) is 5.57 Å². The summed E-state index contributed by atoms with van der Waals surface area (Å²) in [5.41, 5.74) is 2.68. The summed E-state index contributed by atoms with van der Waals surface area (Å²) in [6.07, 6.45) is 16.0. The Bertz CT molecular complexity index is 1330. The first-order chi connectivity index (χ1) is 22.1. The number of nitrogens with zero attached hydrogens (tertiary/aromatic N) is 1. The number of hydrogen-bond donors (Lipinski definition) is 0. The highest BCUT2D eigenvalue weighted by Gasteiger charge is 2.59. The largest absolute Gasteiger partial charge is 0.377 e. The Morgan fingerprint density at radius 2 is 1.54 bits per heavy atom. The molecule has 3 unspecified atom stereocenters. The Kier molecular flexibility index (Phi) is 10.8. The summed E-state index contributed by atoms with van der Waals surface area (Å²) < 4.78 is 9.13. The third-order valence-corrected chi connectivity index (χ3v) is 19.0. The second-order valence-electron chi connectivity index (χ2n) is 16.7. The highest BCUT2D eigenvalue weighted by molar-refractivity contribution is 8.20. The van der Waals surface area contributed by atoms with Gasteiger partial charge in [-0.1, -0.05) is 138 Å². The lowest BCUT2D eigenvalue weighted by molar-refractivity contribution is -0.0641. The fraction of sp³-hybridized carbons (Fsp3) is 0.667. The lowest BCUT2D eigenvalue weighted by Gasteiger charge is -2.58. The zero-order valence-corrected chi connectivity index (χ0v) is 31.5. The Balaban J connectivity index is 1.07. The molecular formula is C42H62NOPS. The highest BCUT2D eigenvalue weighted by atomic mass is 32.4. The summed E-state index contributed by atoms with van der Waals surface area (Å²) in [4.78, 5) is 0. The van der Waals surface area contributed by atoms with Gasteiger partial charge in [-0.3, -0.25) is 4.67 Å². The monoisotopic (exact) mass is 659 g/mol. The molecule has 4 aliphatic carbocycles. The van der Waals surface area contributed by atoms with E-state index in [1.807, 2.05) is 0 Å². The van der Waals surface area contributed by atoms with Gasteiger partial charge in [0.1, 0.15) is 0 Å². The normalized spacial score (nSPS) is 33.3. The Morgan fingerprint density at radius 3 is 2.20 bits per heavy atom. The molecule has 3 saturated carbocycles. The van der Waals surface area contributed by atoms with Crippen molar-refractivity contribution in [2.45, 2.75) is 111 Å². The zero-order chi connectivity index (χ0) is 32.5. The molecule has 0 heterocycles. The van der Waals surface area contributed by atoms with Crippen molar-refractivity contribution in [3.05, 3.63) is 72.3 Å². The maximum atomic E-state index is 6.71. The minimum absolute atomic E-state index is 0.340. The van der Waals surface area contributed by atoms with Crippen LogP contribution in [0.5, 0.6) is 0 Å². The van der Waals surface area contributed by atoms with Gasteiger partial charge in [0.15, 0.2) is 0 Å². The standard InChI is InChI=1S/C42H62NOPS/c1-31(2)14-13-15-32(3)38-22-23-39-37-21-20-33-30-34(24-26-41(33,4)40(37)25-27-42(38,39)5)44-29-28-43(6)45(46,35-16-9-7-10-17-35)36-18-11-8-12-19-36/h7-12,16-20,31-32,34,37-40H,13-15,21-30H2,1-6H3/t32-,34+,37?,38-,39?,40?,41+,42-/m1/s1. The number of benzene rings is 2. The second kappa shape index (κ2) is 14.3. The van der Waals surface area contributed by atoms with E-state index in [-0.39, 0.29) is 0 Å². The molecule has 46 heavy (non-hydrogen) atoms.